The maximum atomic E-state index is 8.87. The van der Waals surface area contributed by atoms with Gasteiger partial charge in [-0.1, -0.05) is 24.3 Å². The number of hydrogen-bond donors (Lipinski definition) is 0. The molecular formula is C21H29NO. The van der Waals surface area contributed by atoms with Crippen LogP contribution in [0, 0.1) is 17.2 Å². The summed E-state index contributed by atoms with van der Waals surface area (Å²) in [6, 6.07) is 10.4. The van der Waals surface area contributed by atoms with Crippen molar-refractivity contribution >= 4 is 0 Å². The molecule has 0 amide bonds. The van der Waals surface area contributed by atoms with Crippen LogP contribution in [0.5, 0.6) is 0 Å². The van der Waals surface area contributed by atoms with Gasteiger partial charge in [-0.2, -0.15) is 5.26 Å². The average molecular weight is 311 g/mol. The Morgan fingerprint density at radius 3 is 2.52 bits per heavy atom. The summed E-state index contributed by atoms with van der Waals surface area (Å²) in [6.45, 7) is 3.82. The van der Waals surface area contributed by atoms with E-state index in [-0.39, 0.29) is 0 Å². The van der Waals surface area contributed by atoms with Crippen molar-refractivity contribution in [2.24, 2.45) is 5.92 Å². The number of hydrogen-bond acceptors (Lipinski definition) is 2. The molecule has 0 aliphatic heterocycles. The third-order valence-electron chi connectivity index (χ3n) is 4.92. The number of ether oxygens (including phenoxy) is 1. The standard InChI is InChI=1S/C21H29NO/c1-2-3-4-15-23-16-5-6-18-7-11-20(12-8-18)21-13-9-19(17-22)10-14-21/h2-3,9-10,13-14,18,20H,4-8,11-12,15-16H2,1H3/b3-2+. The maximum absolute atomic E-state index is 8.87. The Morgan fingerprint density at radius 1 is 1.13 bits per heavy atom. The fraction of sp³-hybridized carbons (Fsp3) is 0.571. The molecule has 2 rings (SSSR count). The molecular weight excluding hydrogens is 282 g/mol. The molecule has 23 heavy (non-hydrogen) atoms. The van der Waals surface area contributed by atoms with E-state index in [9.17, 15) is 0 Å². The van der Waals surface area contributed by atoms with Crippen molar-refractivity contribution in [2.45, 2.75) is 57.8 Å². The van der Waals surface area contributed by atoms with E-state index < -0.39 is 0 Å². The molecule has 1 aromatic rings. The van der Waals surface area contributed by atoms with Crippen LogP contribution in [-0.2, 0) is 4.74 Å². The number of nitriles is 1. The van der Waals surface area contributed by atoms with Gasteiger partial charge in [0.05, 0.1) is 18.2 Å². The summed E-state index contributed by atoms with van der Waals surface area (Å²) >= 11 is 0. The van der Waals surface area contributed by atoms with Crippen LogP contribution in [0.3, 0.4) is 0 Å². The molecule has 1 aliphatic carbocycles. The Hall–Kier alpha value is -1.59. The second-order valence-electron chi connectivity index (χ2n) is 6.56. The van der Waals surface area contributed by atoms with Gasteiger partial charge in [0.1, 0.15) is 0 Å². The van der Waals surface area contributed by atoms with Crippen LogP contribution in [0.2, 0.25) is 0 Å². The summed E-state index contributed by atoms with van der Waals surface area (Å²) in [6.07, 6.45) is 13.0. The smallest absolute Gasteiger partial charge is 0.0991 e. The Bertz CT molecular complexity index is 504. The monoisotopic (exact) mass is 311 g/mol. The normalized spacial score (nSPS) is 21.4. The summed E-state index contributed by atoms with van der Waals surface area (Å²) in [4.78, 5) is 0. The molecule has 1 saturated carbocycles. The topological polar surface area (TPSA) is 33.0 Å². The van der Waals surface area contributed by atoms with Gasteiger partial charge in [-0.3, -0.25) is 0 Å². The van der Waals surface area contributed by atoms with Crippen LogP contribution in [0.25, 0.3) is 0 Å². The lowest BCUT2D eigenvalue weighted by atomic mass is 9.77. The average Bonchev–Trinajstić information content (AvgIpc) is 2.61. The van der Waals surface area contributed by atoms with Crippen LogP contribution >= 0.6 is 0 Å². The predicted molar refractivity (Wildman–Crippen MR) is 95.3 cm³/mol. The second kappa shape index (κ2) is 10.2. The van der Waals surface area contributed by atoms with Crippen LogP contribution in [0.15, 0.2) is 36.4 Å². The Morgan fingerprint density at radius 2 is 1.87 bits per heavy atom. The lowest BCUT2D eigenvalue weighted by Gasteiger charge is -2.28. The van der Waals surface area contributed by atoms with Gasteiger partial charge in [-0.05, 0) is 81.4 Å². The Kier molecular flexibility index (Phi) is 7.90. The van der Waals surface area contributed by atoms with Crippen molar-refractivity contribution in [3.05, 3.63) is 47.5 Å². The molecule has 0 bridgehead atoms. The van der Waals surface area contributed by atoms with E-state index in [0.717, 1.165) is 31.1 Å². The number of rotatable bonds is 8. The van der Waals surface area contributed by atoms with Gasteiger partial charge in [0.25, 0.3) is 0 Å². The van der Waals surface area contributed by atoms with Gasteiger partial charge in [-0.25, -0.2) is 0 Å². The molecule has 2 nitrogen and oxygen atoms in total. The van der Waals surface area contributed by atoms with Crippen molar-refractivity contribution in [1.82, 2.24) is 0 Å². The summed E-state index contributed by atoms with van der Waals surface area (Å²) < 4.78 is 5.66. The lowest BCUT2D eigenvalue weighted by Crippen LogP contribution is -2.14. The molecule has 1 aliphatic rings. The first-order chi connectivity index (χ1) is 11.3. The minimum atomic E-state index is 0.691. The zero-order valence-corrected chi connectivity index (χ0v) is 14.3. The van der Waals surface area contributed by atoms with Crippen LogP contribution in [-0.4, -0.2) is 13.2 Å². The fourth-order valence-electron chi connectivity index (χ4n) is 3.51. The van der Waals surface area contributed by atoms with Crippen molar-refractivity contribution in [3.8, 4) is 6.07 Å². The van der Waals surface area contributed by atoms with E-state index in [0.29, 0.717) is 5.92 Å². The number of allylic oxidation sites excluding steroid dienone is 1. The molecule has 0 saturated heterocycles. The number of nitrogens with zero attached hydrogens (tertiary/aromatic N) is 1. The zero-order chi connectivity index (χ0) is 16.3. The fourth-order valence-corrected chi connectivity index (χ4v) is 3.51. The molecule has 0 aromatic heterocycles. The predicted octanol–water partition coefficient (Wildman–Crippen LogP) is 5.60. The van der Waals surface area contributed by atoms with E-state index in [4.69, 9.17) is 10.00 Å². The second-order valence-corrected chi connectivity index (χ2v) is 6.56. The highest BCUT2D eigenvalue weighted by Gasteiger charge is 2.21. The van der Waals surface area contributed by atoms with Crippen LogP contribution < -0.4 is 0 Å². The molecule has 0 heterocycles. The van der Waals surface area contributed by atoms with Crippen molar-refractivity contribution in [2.75, 3.05) is 13.2 Å². The zero-order valence-electron chi connectivity index (χ0n) is 14.3. The highest BCUT2D eigenvalue weighted by atomic mass is 16.5. The lowest BCUT2D eigenvalue weighted by molar-refractivity contribution is 0.128. The molecule has 124 valence electrons. The minimum absolute atomic E-state index is 0.691. The third-order valence-corrected chi connectivity index (χ3v) is 4.92. The molecule has 1 aromatic carbocycles. The quantitative estimate of drug-likeness (QED) is 0.463. The van der Waals surface area contributed by atoms with E-state index in [1.54, 1.807) is 0 Å². The molecule has 1 fully saturated rings. The first-order valence-electron chi connectivity index (χ1n) is 9.02. The largest absolute Gasteiger partial charge is 0.381 e. The van der Waals surface area contributed by atoms with Crippen molar-refractivity contribution < 1.29 is 4.74 Å². The van der Waals surface area contributed by atoms with Crippen molar-refractivity contribution in [3.63, 3.8) is 0 Å². The van der Waals surface area contributed by atoms with Gasteiger partial charge in [0.15, 0.2) is 0 Å². The maximum Gasteiger partial charge on any atom is 0.0991 e. The van der Waals surface area contributed by atoms with E-state index in [1.807, 2.05) is 19.1 Å². The third kappa shape index (κ3) is 6.20. The molecule has 2 heteroatoms. The molecule has 0 N–H and O–H groups in total. The molecule has 0 radical (unpaired) electrons. The summed E-state index contributed by atoms with van der Waals surface area (Å²) in [5, 5.41) is 8.87. The first-order valence-corrected chi connectivity index (χ1v) is 9.02. The van der Waals surface area contributed by atoms with E-state index in [1.165, 1.54) is 44.1 Å². The first kappa shape index (κ1) is 17.8. The summed E-state index contributed by atoms with van der Waals surface area (Å²) in [7, 11) is 0. The Balaban J connectivity index is 1.61. The van der Waals surface area contributed by atoms with E-state index >= 15 is 0 Å². The number of benzene rings is 1. The minimum Gasteiger partial charge on any atom is -0.381 e. The highest BCUT2D eigenvalue weighted by molar-refractivity contribution is 5.33. The van der Waals surface area contributed by atoms with Gasteiger partial charge in [0, 0.05) is 6.61 Å². The summed E-state index contributed by atoms with van der Waals surface area (Å²) in [5.74, 6) is 1.57. The van der Waals surface area contributed by atoms with Gasteiger partial charge in [-0.15, -0.1) is 0 Å². The molecule has 0 atom stereocenters. The highest BCUT2D eigenvalue weighted by Crippen LogP contribution is 2.37. The molecule has 0 unspecified atom stereocenters. The van der Waals surface area contributed by atoms with E-state index in [2.05, 4.69) is 30.4 Å². The van der Waals surface area contributed by atoms with Gasteiger partial charge in [0.2, 0.25) is 0 Å². The Labute approximate surface area is 141 Å². The van der Waals surface area contributed by atoms with Gasteiger partial charge >= 0.3 is 0 Å². The van der Waals surface area contributed by atoms with Gasteiger partial charge < -0.3 is 4.74 Å². The van der Waals surface area contributed by atoms with Crippen LogP contribution in [0.4, 0.5) is 0 Å². The molecule has 0 spiro atoms. The van der Waals surface area contributed by atoms with Crippen molar-refractivity contribution in [1.29, 1.82) is 5.26 Å². The van der Waals surface area contributed by atoms with Crippen LogP contribution in [0.1, 0.15) is 68.9 Å². The summed E-state index contributed by atoms with van der Waals surface area (Å²) in [5.41, 5.74) is 2.17. The SMILES string of the molecule is C/C=C/CCOCCCC1CCC(c2ccc(C#N)cc2)CC1.